The number of hydrogen-bond acceptors (Lipinski definition) is 5. The van der Waals surface area contributed by atoms with E-state index in [4.69, 9.17) is 4.74 Å². The number of thiazole rings is 1. The third kappa shape index (κ3) is 3.48. The Kier molecular flexibility index (Phi) is 4.96. The number of nitrogens with one attached hydrogen (secondary N) is 1. The van der Waals surface area contributed by atoms with Crippen molar-refractivity contribution in [2.75, 3.05) is 36.5 Å². The predicted molar refractivity (Wildman–Crippen MR) is 108 cm³/mol. The van der Waals surface area contributed by atoms with Crippen LogP contribution in [0.3, 0.4) is 0 Å². The third-order valence-corrected chi connectivity index (χ3v) is 5.55. The predicted octanol–water partition coefficient (Wildman–Crippen LogP) is 3.64. The van der Waals surface area contributed by atoms with E-state index in [1.807, 2.05) is 54.1 Å². The number of aryl methyl sites for hydroxylation is 1. The Hall–Kier alpha value is -2.64. The summed E-state index contributed by atoms with van der Waals surface area (Å²) in [6.07, 6.45) is 1.78. The lowest BCUT2D eigenvalue weighted by atomic mass is 10.2. The maximum atomic E-state index is 13.0. The Morgan fingerprint density at radius 2 is 2.00 bits per heavy atom. The fourth-order valence-electron chi connectivity index (χ4n) is 3.46. The number of benzene rings is 1. The van der Waals surface area contributed by atoms with Crippen LogP contribution in [0.5, 0.6) is 0 Å². The number of hydrogen-bond donors (Lipinski definition) is 1. The quantitative estimate of drug-likeness (QED) is 0.748. The minimum Gasteiger partial charge on any atom is -0.378 e. The van der Waals surface area contributed by atoms with Crippen LogP contribution in [0, 0.1) is 13.8 Å². The summed E-state index contributed by atoms with van der Waals surface area (Å²) in [4.78, 5) is 19.6. The summed E-state index contributed by atoms with van der Waals surface area (Å²) in [6.45, 7) is 7.01. The van der Waals surface area contributed by atoms with Gasteiger partial charge < -0.3 is 15.0 Å². The average molecular weight is 382 g/mol. The molecule has 0 spiro atoms. The van der Waals surface area contributed by atoms with Crippen molar-refractivity contribution in [1.29, 1.82) is 0 Å². The number of morpholine rings is 1. The van der Waals surface area contributed by atoms with Crippen molar-refractivity contribution < 1.29 is 9.53 Å². The van der Waals surface area contributed by atoms with E-state index >= 15 is 0 Å². The van der Waals surface area contributed by atoms with Crippen LogP contribution in [-0.2, 0) is 4.74 Å². The fraction of sp³-hybridized carbons (Fsp3) is 0.300. The molecule has 1 fully saturated rings. The summed E-state index contributed by atoms with van der Waals surface area (Å²) in [5.74, 6) is -0.105. The maximum Gasteiger partial charge on any atom is 0.257 e. The number of carbonyl (C=O) groups excluding carboxylic acids is 1. The van der Waals surface area contributed by atoms with E-state index in [1.165, 1.54) is 0 Å². The van der Waals surface area contributed by atoms with Crippen LogP contribution in [0.4, 0.5) is 11.4 Å². The van der Waals surface area contributed by atoms with Gasteiger partial charge in [0.25, 0.3) is 5.91 Å². The normalized spacial score (nSPS) is 14.4. The molecule has 7 heteroatoms. The van der Waals surface area contributed by atoms with E-state index in [0.717, 1.165) is 41.0 Å². The zero-order valence-electron chi connectivity index (χ0n) is 15.4. The van der Waals surface area contributed by atoms with Crippen molar-refractivity contribution in [2.24, 2.45) is 0 Å². The summed E-state index contributed by atoms with van der Waals surface area (Å²) in [6, 6.07) is 9.85. The Balaban J connectivity index is 1.61. The third-order valence-electron chi connectivity index (χ3n) is 4.79. The molecule has 2 aromatic heterocycles. The van der Waals surface area contributed by atoms with Crippen LogP contribution in [0.25, 0.3) is 5.13 Å². The first kappa shape index (κ1) is 17.8. The topological polar surface area (TPSA) is 59.4 Å². The summed E-state index contributed by atoms with van der Waals surface area (Å²) in [5.41, 5.74) is 4.41. The van der Waals surface area contributed by atoms with Crippen molar-refractivity contribution in [3.63, 3.8) is 0 Å². The molecular weight excluding hydrogens is 360 g/mol. The van der Waals surface area contributed by atoms with Gasteiger partial charge in [0, 0.05) is 36.1 Å². The molecule has 1 saturated heterocycles. The van der Waals surface area contributed by atoms with Gasteiger partial charge in [-0.25, -0.2) is 4.98 Å². The van der Waals surface area contributed by atoms with Crippen LogP contribution >= 0.6 is 11.3 Å². The molecule has 6 nitrogen and oxygen atoms in total. The molecule has 3 heterocycles. The molecule has 0 bridgehead atoms. The fourth-order valence-corrected chi connectivity index (χ4v) is 4.21. The number of nitrogens with zero attached hydrogens (tertiary/aromatic N) is 3. The first-order chi connectivity index (χ1) is 13.1. The van der Waals surface area contributed by atoms with E-state index < -0.39 is 0 Å². The van der Waals surface area contributed by atoms with Crippen molar-refractivity contribution in [3.05, 3.63) is 58.9 Å². The first-order valence-corrected chi connectivity index (χ1v) is 9.85. The molecule has 1 aliphatic rings. The highest BCUT2D eigenvalue weighted by Crippen LogP contribution is 2.28. The summed E-state index contributed by atoms with van der Waals surface area (Å²) in [5, 5.41) is 5.91. The molecule has 27 heavy (non-hydrogen) atoms. The second-order valence-electron chi connectivity index (χ2n) is 6.51. The van der Waals surface area contributed by atoms with Gasteiger partial charge in [-0.05, 0) is 32.0 Å². The number of para-hydroxylation sites is 2. The van der Waals surface area contributed by atoms with E-state index in [0.29, 0.717) is 18.8 Å². The Morgan fingerprint density at radius 3 is 2.74 bits per heavy atom. The zero-order valence-corrected chi connectivity index (χ0v) is 16.3. The van der Waals surface area contributed by atoms with Gasteiger partial charge in [0.15, 0.2) is 5.13 Å². The van der Waals surface area contributed by atoms with Crippen molar-refractivity contribution in [2.45, 2.75) is 13.8 Å². The van der Waals surface area contributed by atoms with Gasteiger partial charge in [0.05, 0.1) is 30.2 Å². The molecule has 4 rings (SSSR count). The second-order valence-corrected chi connectivity index (χ2v) is 7.38. The van der Waals surface area contributed by atoms with E-state index in [9.17, 15) is 4.79 Å². The van der Waals surface area contributed by atoms with E-state index in [-0.39, 0.29) is 5.91 Å². The van der Waals surface area contributed by atoms with Crippen LogP contribution in [0.1, 0.15) is 21.7 Å². The van der Waals surface area contributed by atoms with Gasteiger partial charge in [0.2, 0.25) is 0 Å². The van der Waals surface area contributed by atoms with Crippen molar-refractivity contribution in [1.82, 2.24) is 9.55 Å². The highest BCUT2D eigenvalue weighted by atomic mass is 32.1. The minimum atomic E-state index is -0.105. The van der Waals surface area contributed by atoms with E-state index in [1.54, 1.807) is 17.5 Å². The molecule has 3 aromatic rings. The molecule has 1 N–H and O–H groups in total. The highest BCUT2D eigenvalue weighted by Gasteiger charge is 2.20. The molecule has 0 radical (unpaired) electrons. The summed E-state index contributed by atoms with van der Waals surface area (Å²) >= 11 is 1.56. The summed E-state index contributed by atoms with van der Waals surface area (Å²) < 4.78 is 7.46. The number of amides is 1. The lowest BCUT2D eigenvalue weighted by Crippen LogP contribution is -2.36. The lowest BCUT2D eigenvalue weighted by molar-refractivity contribution is 0.102. The first-order valence-electron chi connectivity index (χ1n) is 8.97. The Morgan fingerprint density at radius 1 is 1.22 bits per heavy atom. The Labute approximate surface area is 162 Å². The molecular formula is C20H22N4O2S. The average Bonchev–Trinajstić information content (AvgIpc) is 3.30. The molecule has 0 atom stereocenters. The van der Waals surface area contributed by atoms with Crippen LogP contribution in [0.2, 0.25) is 0 Å². The molecule has 140 valence electrons. The number of anilines is 2. The highest BCUT2D eigenvalue weighted by molar-refractivity contribution is 7.12. The van der Waals surface area contributed by atoms with Gasteiger partial charge >= 0.3 is 0 Å². The smallest absolute Gasteiger partial charge is 0.257 e. The molecule has 0 unspecified atom stereocenters. The molecule has 1 aliphatic heterocycles. The van der Waals surface area contributed by atoms with Gasteiger partial charge in [-0.1, -0.05) is 12.1 Å². The van der Waals surface area contributed by atoms with Gasteiger partial charge in [-0.3, -0.25) is 9.36 Å². The maximum absolute atomic E-state index is 13.0. The SMILES string of the molecule is Cc1cc(C(=O)Nc2ccccc2N2CCOCC2)c(C)n1-c1nccs1. The molecule has 1 amide bonds. The largest absolute Gasteiger partial charge is 0.378 e. The van der Waals surface area contributed by atoms with Crippen LogP contribution in [0.15, 0.2) is 41.9 Å². The minimum absolute atomic E-state index is 0.105. The number of rotatable bonds is 4. The summed E-state index contributed by atoms with van der Waals surface area (Å²) in [7, 11) is 0. The van der Waals surface area contributed by atoms with Gasteiger partial charge in [-0.15, -0.1) is 11.3 Å². The van der Waals surface area contributed by atoms with Crippen LogP contribution in [-0.4, -0.2) is 41.8 Å². The second kappa shape index (κ2) is 7.54. The van der Waals surface area contributed by atoms with Crippen molar-refractivity contribution in [3.8, 4) is 5.13 Å². The number of aromatic nitrogens is 2. The molecule has 1 aromatic carbocycles. The number of carbonyl (C=O) groups is 1. The van der Waals surface area contributed by atoms with E-state index in [2.05, 4.69) is 15.2 Å². The van der Waals surface area contributed by atoms with Gasteiger partial charge in [0.1, 0.15) is 0 Å². The van der Waals surface area contributed by atoms with Gasteiger partial charge in [-0.2, -0.15) is 0 Å². The molecule has 0 saturated carbocycles. The number of ether oxygens (including phenoxy) is 1. The monoisotopic (exact) mass is 382 g/mol. The standard InChI is InChI=1S/C20H22N4O2S/c1-14-13-16(15(2)24(14)20-21-7-12-27-20)19(25)22-17-5-3-4-6-18(17)23-8-10-26-11-9-23/h3-7,12-13H,8-11H2,1-2H3,(H,22,25). The van der Waals surface area contributed by atoms with Crippen LogP contribution < -0.4 is 10.2 Å². The lowest BCUT2D eigenvalue weighted by Gasteiger charge is -2.30. The Bertz CT molecular complexity index is 943. The molecule has 0 aliphatic carbocycles. The van der Waals surface area contributed by atoms with Crippen molar-refractivity contribution >= 4 is 28.6 Å². The zero-order chi connectivity index (χ0) is 18.8.